The Morgan fingerprint density at radius 1 is 0.559 bits per heavy atom. The Kier molecular flexibility index (Phi) is 7.18. The fraction of sp³-hybridized carbons (Fsp3) is 0.127. The van der Waals surface area contributed by atoms with E-state index in [1.54, 1.807) is 36.5 Å². The van der Waals surface area contributed by atoms with Crippen LogP contribution >= 0.6 is 0 Å². The SMILES string of the molecule is [2H]C(C)(C)c1ccc(-n2c(-c3ccccc3O)nc3c(-c4cc(-c5ccccc5)cc(-c5cc(-c6ccc(C(C([2H])([2H])[2H])(C([2H])([2H])[2H])C([2H])([2H])[2H])cc6)ccn5)c4)cccc32)c(-c2ccccc2)c1. The van der Waals surface area contributed by atoms with Crippen LogP contribution in [0, 0.1) is 0 Å². The second-order valence-corrected chi connectivity index (χ2v) is 15.0. The monoisotopic (exact) mass is 775 g/mol. The predicted molar refractivity (Wildman–Crippen MR) is 246 cm³/mol. The number of phenols is 1. The zero-order chi connectivity index (χ0) is 49.1. The van der Waals surface area contributed by atoms with Crippen molar-refractivity contribution in [2.75, 3.05) is 0 Å². The first kappa shape index (κ1) is 27.6. The van der Waals surface area contributed by atoms with E-state index in [1.807, 2.05) is 129 Å². The number of hydrogen-bond acceptors (Lipinski definition) is 3. The lowest BCUT2D eigenvalue weighted by atomic mass is 9.86. The molecule has 0 amide bonds. The van der Waals surface area contributed by atoms with Crippen LogP contribution in [0.25, 0.3) is 83.9 Å². The normalized spacial score (nSPS) is 15.0. The van der Waals surface area contributed by atoms with Crippen LogP contribution in [0.4, 0.5) is 0 Å². The number of para-hydroxylation sites is 2. The summed E-state index contributed by atoms with van der Waals surface area (Å²) in [4.78, 5) is 10.2. The summed E-state index contributed by atoms with van der Waals surface area (Å²) < 4.78 is 84.6. The van der Waals surface area contributed by atoms with E-state index in [4.69, 9.17) is 23.7 Å². The Hall–Kier alpha value is -7.04. The molecule has 4 nitrogen and oxygen atoms in total. The molecule has 4 heteroatoms. The predicted octanol–water partition coefficient (Wildman–Crippen LogP) is 14.5. The number of aromatic hydroxyl groups is 1. The van der Waals surface area contributed by atoms with Crippen LogP contribution in [0.3, 0.4) is 0 Å². The van der Waals surface area contributed by atoms with Crippen LogP contribution in [-0.2, 0) is 5.41 Å². The Labute approximate surface area is 361 Å². The van der Waals surface area contributed by atoms with Crippen molar-refractivity contribution >= 4 is 11.0 Å². The van der Waals surface area contributed by atoms with Crippen molar-refractivity contribution in [1.82, 2.24) is 14.5 Å². The van der Waals surface area contributed by atoms with Gasteiger partial charge in [0.1, 0.15) is 11.6 Å². The standard InChI is InChI=1S/C55H47N3O/c1-36(2)40-25-28-50(48(34-40)39-17-10-7-11-18-39)58-51-21-14-20-46(53(51)57-54(58)47-19-12-13-22-52(47)59)43-31-42(37-15-8-6-9-16-37)32-44(33-43)49-35-41(29-30-56-49)38-23-26-45(27-24-38)55(3,4)5/h6-36,59H,1-5H3/i3D3,4D3,5D3,36D. The Bertz CT molecular complexity index is 3300. The highest BCUT2D eigenvalue weighted by Crippen LogP contribution is 2.42. The molecule has 7 aromatic carbocycles. The highest BCUT2D eigenvalue weighted by Gasteiger charge is 2.23. The summed E-state index contributed by atoms with van der Waals surface area (Å²) in [6.07, 6.45) is 1.66. The summed E-state index contributed by atoms with van der Waals surface area (Å²) in [6, 6.07) is 54.8. The van der Waals surface area contributed by atoms with Gasteiger partial charge < -0.3 is 5.11 Å². The van der Waals surface area contributed by atoms with Gasteiger partial charge in [0.15, 0.2) is 0 Å². The van der Waals surface area contributed by atoms with E-state index in [-0.39, 0.29) is 11.3 Å². The molecule has 59 heavy (non-hydrogen) atoms. The summed E-state index contributed by atoms with van der Waals surface area (Å²) >= 11 is 0. The first-order valence-corrected chi connectivity index (χ1v) is 19.5. The summed E-state index contributed by atoms with van der Waals surface area (Å²) in [6.45, 7) is -6.39. The highest BCUT2D eigenvalue weighted by molar-refractivity contribution is 5.98. The second kappa shape index (κ2) is 15.4. The maximum atomic E-state index is 11.4. The van der Waals surface area contributed by atoms with Crippen molar-refractivity contribution in [3.63, 3.8) is 0 Å². The molecule has 9 aromatic rings. The van der Waals surface area contributed by atoms with Gasteiger partial charge in [0.25, 0.3) is 0 Å². The quantitative estimate of drug-likeness (QED) is 0.167. The minimum Gasteiger partial charge on any atom is -0.507 e. The van der Waals surface area contributed by atoms with Crippen LogP contribution in [0.1, 0.15) is 65.1 Å². The molecular formula is C55H47N3O. The number of nitrogens with zero attached hydrogens (tertiary/aromatic N) is 3. The van der Waals surface area contributed by atoms with Gasteiger partial charge in [-0.2, -0.15) is 0 Å². The number of fused-ring (bicyclic) bond motifs is 1. The molecule has 9 rings (SSSR count). The van der Waals surface area contributed by atoms with Gasteiger partial charge >= 0.3 is 0 Å². The Morgan fingerprint density at radius 2 is 1.22 bits per heavy atom. The number of benzene rings is 7. The molecule has 0 atom stereocenters. The fourth-order valence-corrected chi connectivity index (χ4v) is 7.72. The van der Waals surface area contributed by atoms with Gasteiger partial charge in [0.2, 0.25) is 0 Å². The van der Waals surface area contributed by atoms with Crippen LogP contribution in [0.5, 0.6) is 5.75 Å². The molecule has 0 aliphatic carbocycles. The molecule has 2 aromatic heterocycles. The van der Waals surface area contributed by atoms with Crippen LogP contribution in [0.2, 0.25) is 0 Å². The third-order valence-corrected chi connectivity index (χ3v) is 10.8. The molecular weight excluding hydrogens is 719 g/mol. The van der Waals surface area contributed by atoms with Crippen molar-refractivity contribution in [2.45, 2.75) is 45.7 Å². The van der Waals surface area contributed by atoms with Crippen molar-refractivity contribution in [3.05, 3.63) is 193 Å². The smallest absolute Gasteiger partial charge is 0.149 e. The number of phenolic OH excluding ortho intramolecular Hbond substituents is 1. The van der Waals surface area contributed by atoms with Gasteiger partial charge in [-0.25, -0.2) is 4.98 Å². The molecule has 0 radical (unpaired) electrons. The van der Waals surface area contributed by atoms with Crippen LogP contribution in [0.15, 0.2) is 182 Å². The molecule has 0 aliphatic rings. The topological polar surface area (TPSA) is 50.9 Å². The molecule has 0 saturated heterocycles. The van der Waals surface area contributed by atoms with E-state index in [0.717, 1.165) is 55.7 Å². The summed E-state index contributed by atoms with van der Waals surface area (Å²) in [5, 5.41) is 11.4. The lowest BCUT2D eigenvalue weighted by molar-refractivity contribution is 0.477. The number of hydrogen-bond donors (Lipinski definition) is 1. The maximum absolute atomic E-state index is 11.4. The van der Waals surface area contributed by atoms with Crippen molar-refractivity contribution in [2.24, 2.45) is 0 Å². The summed E-state index contributed by atoms with van der Waals surface area (Å²) in [5.41, 5.74) is 8.28. The largest absolute Gasteiger partial charge is 0.507 e. The van der Waals surface area contributed by atoms with E-state index < -0.39 is 31.9 Å². The van der Waals surface area contributed by atoms with Gasteiger partial charge in [0.05, 0.1) is 28.0 Å². The third-order valence-electron chi connectivity index (χ3n) is 10.8. The Morgan fingerprint density at radius 3 is 1.95 bits per heavy atom. The first-order valence-electron chi connectivity index (χ1n) is 24.5. The van der Waals surface area contributed by atoms with Gasteiger partial charge in [0, 0.05) is 36.6 Å². The average Bonchev–Trinajstić information content (AvgIpc) is 3.70. The molecule has 0 fully saturated rings. The molecule has 0 unspecified atom stereocenters. The fourth-order valence-electron chi connectivity index (χ4n) is 7.72. The molecule has 1 N–H and O–H groups in total. The van der Waals surface area contributed by atoms with Crippen LogP contribution < -0.4 is 0 Å². The molecule has 0 saturated carbocycles. The first-order chi connectivity index (χ1) is 32.7. The van der Waals surface area contributed by atoms with E-state index in [0.29, 0.717) is 33.7 Å². The molecule has 0 bridgehead atoms. The van der Waals surface area contributed by atoms with E-state index in [9.17, 15) is 5.11 Å². The Balaban J connectivity index is 1.23. The van der Waals surface area contributed by atoms with Gasteiger partial charge in [-0.15, -0.1) is 0 Å². The maximum Gasteiger partial charge on any atom is 0.149 e. The minimum atomic E-state index is -3.37. The lowest BCUT2D eigenvalue weighted by Crippen LogP contribution is -2.10. The minimum absolute atomic E-state index is 0.0703. The number of aromatic nitrogens is 3. The van der Waals surface area contributed by atoms with Crippen LogP contribution in [-0.4, -0.2) is 19.6 Å². The average molecular weight is 776 g/mol. The number of rotatable bonds is 8. The number of pyridine rings is 1. The van der Waals surface area contributed by atoms with E-state index in [1.165, 1.54) is 12.1 Å². The van der Waals surface area contributed by atoms with Crippen molar-refractivity contribution in [3.8, 4) is 78.6 Å². The van der Waals surface area contributed by atoms with Crippen molar-refractivity contribution in [1.29, 1.82) is 0 Å². The molecule has 2 heterocycles. The zero-order valence-electron chi connectivity index (χ0n) is 42.6. The van der Waals surface area contributed by atoms with E-state index >= 15 is 0 Å². The second-order valence-electron chi connectivity index (χ2n) is 15.0. The van der Waals surface area contributed by atoms with Crippen molar-refractivity contribution < 1.29 is 18.8 Å². The molecule has 288 valence electrons. The third kappa shape index (κ3) is 7.35. The van der Waals surface area contributed by atoms with Gasteiger partial charge in [-0.05, 0) is 116 Å². The lowest BCUT2D eigenvalue weighted by Gasteiger charge is -2.19. The van der Waals surface area contributed by atoms with E-state index in [2.05, 4.69) is 22.8 Å². The summed E-state index contributed by atoms with van der Waals surface area (Å²) in [7, 11) is 0. The number of imidazole rings is 1. The molecule has 0 aliphatic heterocycles. The van der Waals surface area contributed by atoms with Gasteiger partial charge in [-0.3, -0.25) is 9.55 Å². The highest BCUT2D eigenvalue weighted by atomic mass is 16.3. The zero-order valence-corrected chi connectivity index (χ0v) is 32.6. The summed E-state index contributed by atoms with van der Waals surface area (Å²) in [5.74, 6) is -0.273. The van der Waals surface area contributed by atoms with Gasteiger partial charge in [-0.1, -0.05) is 150 Å². The molecule has 0 spiro atoms.